The van der Waals surface area contributed by atoms with Gasteiger partial charge in [0.05, 0.1) is 16.1 Å². The molecule has 2 aromatic carbocycles. The van der Waals surface area contributed by atoms with Gasteiger partial charge in [0, 0.05) is 17.4 Å². The van der Waals surface area contributed by atoms with Crippen molar-refractivity contribution in [2.45, 2.75) is 36.8 Å². The number of aryl methyl sites for hydroxylation is 2. The van der Waals surface area contributed by atoms with Crippen molar-refractivity contribution in [1.29, 1.82) is 0 Å². The third kappa shape index (κ3) is 5.55. The zero-order chi connectivity index (χ0) is 28.7. The number of nitrogens with zero attached hydrogens (tertiary/aromatic N) is 1. The van der Waals surface area contributed by atoms with E-state index in [0.29, 0.717) is 0 Å². The fraction of sp³-hybridized carbons (Fsp3) is 0.217. The van der Waals surface area contributed by atoms with Gasteiger partial charge in [0.2, 0.25) is 0 Å². The Labute approximate surface area is 216 Å². The Balaban J connectivity index is 1.94. The molecular formula is C23H17ClF7N3O3S. The third-order valence-corrected chi connectivity index (χ3v) is 7.00. The summed E-state index contributed by atoms with van der Waals surface area (Å²) < 4.78 is 121. The summed E-state index contributed by atoms with van der Waals surface area (Å²) >= 11 is 5.87. The van der Waals surface area contributed by atoms with Crippen molar-refractivity contribution < 1.29 is 43.9 Å². The van der Waals surface area contributed by atoms with Crippen LogP contribution >= 0.6 is 11.6 Å². The Morgan fingerprint density at radius 2 is 1.47 bits per heavy atom. The zero-order valence-corrected chi connectivity index (χ0v) is 20.9. The number of nitrogens with one attached hydrogen (secondary N) is 2. The van der Waals surface area contributed by atoms with Gasteiger partial charge in [0.25, 0.3) is 15.9 Å². The first-order valence-corrected chi connectivity index (χ1v) is 12.2. The minimum atomic E-state index is -6.32. The molecule has 0 unspecified atom stereocenters. The molecule has 2 N–H and O–H groups in total. The summed E-state index contributed by atoms with van der Waals surface area (Å²) in [7, 11) is -4.47. The van der Waals surface area contributed by atoms with Crippen LogP contribution in [0.5, 0.6) is 0 Å². The van der Waals surface area contributed by atoms with Gasteiger partial charge < -0.3 is 5.32 Å². The van der Waals surface area contributed by atoms with Crippen molar-refractivity contribution in [3.05, 3.63) is 82.1 Å². The Hall–Kier alpha value is -3.39. The number of aromatic nitrogens is 1. The highest BCUT2D eigenvalue weighted by atomic mass is 35.5. The van der Waals surface area contributed by atoms with Gasteiger partial charge in [0.15, 0.2) is 0 Å². The first-order chi connectivity index (χ1) is 17.4. The van der Waals surface area contributed by atoms with E-state index in [2.05, 4.69) is 15.0 Å². The molecule has 1 aromatic heterocycles. The summed E-state index contributed by atoms with van der Waals surface area (Å²) in [4.78, 5) is 15.8. The lowest BCUT2D eigenvalue weighted by atomic mass is 9.90. The lowest BCUT2D eigenvalue weighted by Crippen LogP contribution is -2.50. The van der Waals surface area contributed by atoms with E-state index in [4.69, 9.17) is 11.6 Å². The number of carbonyl (C=O) groups excluding carboxylic acids is 1. The van der Waals surface area contributed by atoms with E-state index < -0.39 is 55.5 Å². The second-order valence-electron chi connectivity index (χ2n) is 8.07. The molecule has 3 aromatic rings. The molecule has 0 aliphatic heterocycles. The minimum Gasteiger partial charge on any atom is -0.322 e. The number of benzene rings is 2. The highest BCUT2D eigenvalue weighted by Gasteiger charge is 2.73. The number of carbonyl (C=O) groups is 1. The van der Waals surface area contributed by atoms with Gasteiger partial charge >= 0.3 is 18.0 Å². The molecule has 0 saturated heterocycles. The molecular weight excluding hydrogens is 567 g/mol. The van der Waals surface area contributed by atoms with Crippen LogP contribution < -0.4 is 10.0 Å². The number of hydrogen-bond donors (Lipinski definition) is 2. The third-order valence-electron chi connectivity index (χ3n) is 5.35. The van der Waals surface area contributed by atoms with E-state index >= 15 is 0 Å². The van der Waals surface area contributed by atoms with Crippen LogP contribution in [0, 0.1) is 13.8 Å². The smallest absolute Gasteiger partial charge is 0.322 e. The number of hydrogen-bond acceptors (Lipinski definition) is 4. The average Bonchev–Trinajstić information content (AvgIpc) is 2.79. The molecule has 0 fully saturated rings. The zero-order valence-electron chi connectivity index (χ0n) is 19.3. The maximum Gasteiger partial charge on any atom is 0.435 e. The van der Waals surface area contributed by atoms with Gasteiger partial charge in [0.1, 0.15) is 5.15 Å². The molecule has 0 spiro atoms. The molecule has 0 radical (unpaired) electrons. The number of rotatable bonds is 6. The summed E-state index contributed by atoms with van der Waals surface area (Å²) in [6.07, 6.45) is -11.3. The number of pyridine rings is 1. The monoisotopic (exact) mass is 583 g/mol. The van der Waals surface area contributed by atoms with E-state index in [1.165, 1.54) is 30.5 Å². The van der Waals surface area contributed by atoms with Crippen LogP contribution in [0.25, 0.3) is 0 Å². The maximum absolute atomic E-state index is 14.5. The van der Waals surface area contributed by atoms with Gasteiger partial charge in [-0.25, -0.2) is 17.8 Å². The van der Waals surface area contributed by atoms with Gasteiger partial charge in [-0.05, 0) is 55.3 Å². The standard InChI is InChI=1S/C23H17ClF7N3O3S/c1-12-9-14(21(25,22(26,27)28)23(29,30)31)10-13(2)18(12)34-38(36,37)16-6-3-5-15(11-16)33-20(35)17-7-4-8-32-19(17)24/h3-11,34H,1-2H3,(H,33,35). The van der Waals surface area contributed by atoms with E-state index in [-0.39, 0.29) is 34.2 Å². The van der Waals surface area contributed by atoms with Gasteiger partial charge in [-0.1, -0.05) is 29.8 Å². The molecule has 0 bridgehead atoms. The summed E-state index contributed by atoms with van der Waals surface area (Å²) in [5.74, 6) is -0.697. The summed E-state index contributed by atoms with van der Waals surface area (Å²) in [6.45, 7) is 2.05. The molecule has 0 saturated carbocycles. The predicted octanol–water partition coefficient (Wildman–Crippen LogP) is 6.69. The highest BCUT2D eigenvalue weighted by Crippen LogP contribution is 2.53. The molecule has 15 heteroatoms. The molecule has 1 heterocycles. The fourth-order valence-corrected chi connectivity index (χ4v) is 4.95. The van der Waals surface area contributed by atoms with Crippen molar-refractivity contribution >= 4 is 38.9 Å². The molecule has 1 amide bonds. The van der Waals surface area contributed by atoms with E-state index in [9.17, 15) is 43.9 Å². The van der Waals surface area contributed by atoms with Crippen LogP contribution in [0.3, 0.4) is 0 Å². The fourth-order valence-electron chi connectivity index (χ4n) is 3.50. The van der Waals surface area contributed by atoms with Crippen molar-refractivity contribution in [2.75, 3.05) is 10.0 Å². The Bertz CT molecular complexity index is 1460. The highest BCUT2D eigenvalue weighted by molar-refractivity contribution is 7.92. The maximum atomic E-state index is 14.5. The molecule has 0 aliphatic carbocycles. The lowest BCUT2D eigenvalue weighted by molar-refractivity contribution is -0.348. The average molecular weight is 584 g/mol. The van der Waals surface area contributed by atoms with E-state index in [0.717, 1.165) is 26.0 Å². The first-order valence-electron chi connectivity index (χ1n) is 10.4. The topological polar surface area (TPSA) is 88.2 Å². The quantitative estimate of drug-likeness (QED) is 0.250. The number of amides is 1. The van der Waals surface area contributed by atoms with Crippen molar-refractivity contribution in [3.63, 3.8) is 0 Å². The largest absolute Gasteiger partial charge is 0.435 e. The summed E-state index contributed by atoms with van der Waals surface area (Å²) in [6, 6.07) is 8.23. The molecule has 3 rings (SSSR count). The van der Waals surface area contributed by atoms with Crippen LogP contribution in [-0.4, -0.2) is 31.7 Å². The van der Waals surface area contributed by atoms with Gasteiger partial charge in [-0.15, -0.1) is 0 Å². The second kappa shape index (κ2) is 10.1. The van der Waals surface area contributed by atoms with Gasteiger partial charge in [-0.2, -0.15) is 26.3 Å². The molecule has 0 aliphatic rings. The Kier molecular flexibility index (Phi) is 7.72. The number of anilines is 2. The predicted molar refractivity (Wildman–Crippen MR) is 125 cm³/mol. The number of alkyl halides is 7. The number of halogens is 8. The Morgan fingerprint density at radius 1 is 0.895 bits per heavy atom. The minimum absolute atomic E-state index is 0.00791. The first kappa shape index (κ1) is 29.2. The van der Waals surface area contributed by atoms with E-state index in [1.807, 2.05) is 0 Å². The molecule has 6 nitrogen and oxygen atoms in total. The number of sulfonamides is 1. The summed E-state index contributed by atoms with van der Waals surface area (Å²) in [5.41, 5.74) is -8.51. The molecule has 0 atom stereocenters. The van der Waals surface area contributed by atoms with Crippen LogP contribution in [0.1, 0.15) is 27.0 Å². The van der Waals surface area contributed by atoms with E-state index in [1.54, 1.807) is 0 Å². The van der Waals surface area contributed by atoms with Crippen LogP contribution in [0.15, 0.2) is 59.6 Å². The normalized spacial score (nSPS) is 12.8. The van der Waals surface area contributed by atoms with Gasteiger partial charge in [-0.3, -0.25) is 9.52 Å². The van der Waals surface area contributed by atoms with Crippen molar-refractivity contribution in [2.24, 2.45) is 0 Å². The van der Waals surface area contributed by atoms with Crippen molar-refractivity contribution in [1.82, 2.24) is 4.98 Å². The molecule has 204 valence electrons. The SMILES string of the molecule is Cc1cc(C(F)(C(F)(F)F)C(F)(F)F)cc(C)c1NS(=O)(=O)c1cccc(NC(=O)c2cccnc2Cl)c1. The summed E-state index contributed by atoms with van der Waals surface area (Å²) in [5, 5.41) is 2.34. The second-order valence-corrected chi connectivity index (χ2v) is 10.1. The van der Waals surface area contributed by atoms with Crippen LogP contribution in [-0.2, 0) is 15.7 Å². The van der Waals surface area contributed by atoms with Crippen LogP contribution in [0.2, 0.25) is 5.15 Å². The van der Waals surface area contributed by atoms with Crippen LogP contribution in [0.4, 0.5) is 42.1 Å². The Morgan fingerprint density at radius 3 is 2.00 bits per heavy atom. The molecule has 38 heavy (non-hydrogen) atoms. The van der Waals surface area contributed by atoms with Crippen molar-refractivity contribution in [3.8, 4) is 0 Å². The lowest BCUT2D eigenvalue weighted by Gasteiger charge is -2.31.